The van der Waals surface area contributed by atoms with Gasteiger partial charge in [-0.3, -0.25) is 0 Å². The maximum Gasteiger partial charge on any atom is 0.144 e. The summed E-state index contributed by atoms with van der Waals surface area (Å²) in [6, 6.07) is 5.54. The fourth-order valence-electron chi connectivity index (χ4n) is 1.20. The average molecular weight is 241 g/mol. The van der Waals surface area contributed by atoms with E-state index in [1.807, 2.05) is 26.0 Å². The van der Waals surface area contributed by atoms with Gasteiger partial charge in [-0.2, -0.15) is 0 Å². The number of nitrogen functional groups attached to an aromatic ring is 1. The van der Waals surface area contributed by atoms with Crippen LogP contribution in [0, 0.1) is 0 Å². The molecule has 0 fully saturated rings. The Bertz CT molecular complexity index is 377. The molecule has 0 spiro atoms. The number of benzene rings is 1. The van der Waals surface area contributed by atoms with Crippen molar-refractivity contribution in [2.45, 2.75) is 20.0 Å². The van der Waals surface area contributed by atoms with Gasteiger partial charge in [-0.1, -0.05) is 18.2 Å². The van der Waals surface area contributed by atoms with Gasteiger partial charge in [-0.15, -0.1) is 0 Å². The van der Waals surface area contributed by atoms with Gasteiger partial charge >= 0.3 is 0 Å². The maximum absolute atomic E-state index is 5.80. The second-order valence-corrected chi connectivity index (χ2v) is 4.32. The molecule has 0 bridgehead atoms. The first-order valence-corrected chi connectivity index (χ1v) is 5.50. The number of halogens is 1. The molecule has 0 aliphatic carbocycles. The molecule has 0 atom stereocenters. The summed E-state index contributed by atoms with van der Waals surface area (Å²) in [5, 5.41) is 3.68. The summed E-state index contributed by atoms with van der Waals surface area (Å²) < 4.78 is 5.57. The van der Waals surface area contributed by atoms with Crippen molar-refractivity contribution >= 4 is 23.0 Å². The molecule has 0 saturated heterocycles. The average Bonchev–Trinajstić information content (AvgIpc) is 2.18. The zero-order valence-corrected chi connectivity index (χ0v) is 10.3. The molecule has 1 rings (SSSR count). The Balaban J connectivity index is 2.76. The molecule has 0 amide bonds. The normalized spacial score (nSPS) is 10.2. The summed E-state index contributed by atoms with van der Waals surface area (Å²) in [4.78, 5) is 0. The largest absolute Gasteiger partial charge is 0.489 e. The zero-order valence-electron chi connectivity index (χ0n) is 9.59. The first kappa shape index (κ1) is 12.7. The van der Waals surface area contributed by atoms with E-state index in [1.165, 1.54) is 0 Å². The van der Waals surface area contributed by atoms with E-state index in [0.717, 1.165) is 5.69 Å². The van der Waals surface area contributed by atoms with Crippen LogP contribution < -0.4 is 15.8 Å². The molecule has 1 aromatic carbocycles. The van der Waals surface area contributed by atoms with Crippen molar-refractivity contribution in [2.75, 3.05) is 17.6 Å². The zero-order chi connectivity index (χ0) is 12.1. The molecule has 0 heterocycles. The third-order valence-corrected chi connectivity index (χ3v) is 1.99. The van der Waals surface area contributed by atoms with Crippen molar-refractivity contribution < 1.29 is 4.74 Å². The summed E-state index contributed by atoms with van der Waals surface area (Å²) in [6.07, 6.45) is 0.0977. The van der Waals surface area contributed by atoms with Crippen molar-refractivity contribution in [3.05, 3.63) is 29.8 Å². The smallest absolute Gasteiger partial charge is 0.144 e. The summed E-state index contributed by atoms with van der Waals surface area (Å²) in [5.74, 6) is 0.681. The number of nitrogens with one attached hydrogen (secondary N) is 1. The monoisotopic (exact) mass is 240 g/mol. The first-order chi connectivity index (χ1) is 7.49. The SMILES string of the molecule is C=C(Cl)CNc1ccc(N)c(OC(C)C)c1. The number of hydrogen-bond donors (Lipinski definition) is 2. The second kappa shape index (κ2) is 5.66. The van der Waals surface area contributed by atoms with E-state index in [4.69, 9.17) is 22.1 Å². The fraction of sp³-hybridized carbons (Fsp3) is 0.333. The van der Waals surface area contributed by atoms with Crippen LogP contribution in [-0.4, -0.2) is 12.6 Å². The Morgan fingerprint density at radius 3 is 2.81 bits per heavy atom. The van der Waals surface area contributed by atoms with Gasteiger partial charge in [0.25, 0.3) is 0 Å². The molecular weight excluding hydrogens is 224 g/mol. The lowest BCUT2D eigenvalue weighted by molar-refractivity contribution is 0.244. The molecule has 0 aromatic heterocycles. The summed E-state index contributed by atoms with van der Waals surface area (Å²) in [5.41, 5.74) is 7.33. The Hall–Kier alpha value is -1.35. The van der Waals surface area contributed by atoms with Crippen LogP contribution in [-0.2, 0) is 0 Å². The molecule has 0 radical (unpaired) electrons. The number of rotatable bonds is 5. The molecule has 88 valence electrons. The molecule has 0 unspecified atom stereocenters. The lowest BCUT2D eigenvalue weighted by Gasteiger charge is -2.14. The molecule has 0 aliphatic rings. The maximum atomic E-state index is 5.80. The minimum atomic E-state index is 0.0977. The fourth-order valence-corrected chi connectivity index (χ4v) is 1.27. The van der Waals surface area contributed by atoms with Gasteiger partial charge in [-0.05, 0) is 26.0 Å². The van der Waals surface area contributed by atoms with Crippen LogP contribution in [0.3, 0.4) is 0 Å². The molecule has 16 heavy (non-hydrogen) atoms. The van der Waals surface area contributed by atoms with Gasteiger partial charge in [0, 0.05) is 16.8 Å². The second-order valence-electron chi connectivity index (χ2n) is 3.79. The van der Waals surface area contributed by atoms with E-state index in [0.29, 0.717) is 23.0 Å². The minimum absolute atomic E-state index is 0.0977. The Kier molecular flexibility index (Phi) is 4.50. The Morgan fingerprint density at radius 2 is 2.25 bits per heavy atom. The van der Waals surface area contributed by atoms with Crippen LogP contribution in [0.2, 0.25) is 0 Å². The van der Waals surface area contributed by atoms with E-state index in [2.05, 4.69) is 11.9 Å². The van der Waals surface area contributed by atoms with Crippen molar-refractivity contribution in [3.8, 4) is 5.75 Å². The highest BCUT2D eigenvalue weighted by Gasteiger charge is 2.04. The van der Waals surface area contributed by atoms with Crippen LogP contribution in [0.5, 0.6) is 5.75 Å². The summed E-state index contributed by atoms with van der Waals surface area (Å²) >= 11 is 5.67. The standard InChI is InChI=1S/C12H17ClN2O/c1-8(2)16-12-6-10(4-5-11(12)14)15-7-9(3)13/h4-6,8,15H,3,7,14H2,1-2H3. The molecule has 3 N–H and O–H groups in total. The van der Waals surface area contributed by atoms with Gasteiger partial charge in [0.1, 0.15) is 5.75 Å². The third kappa shape index (κ3) is 4.03. The first-order valence-electron chi connectivity index (χ1n) is 5.12. The Morgan fingerprint density at radius 1 is 1.56 bits per heavy atom. The van der Waals surface area contributed by atoms with Crippen molar-refractivity contribution in [1.82, 2.24) is 0 Å². The van der Waals surface area contributed by atoms with E-state index in [1.54, 1.807) is 6.07 Å². The summed E-state index contributed by atoms with van der Waals surface area (Å²) in [7, 11) is 0. The van der Waals surface area contributed by atoms with Crippen LogP contribution in [0.15, 0.2) is 29.8 Å². The molecule has 3 nitrogen and oxygen atoms in total. The van der Waals surface area contributed by atoms with Gasteiger partial charge in [0.15, 0.2) is 0 Å². The third-order valence-electron chi connectivity index (χ3n) is 1.86. The van der Waals surface area contributed by atoms with Gasteiger partial charge in [-0.25, -0.2) is 0 Å². The highest BCUT2D eigenvalue weighted by molar-refractivity contribution is 6.29. The number of anilines is 2. The van der Waals surface area contributed by atoms with E-state index in [-0.39, 0.29) is 6.10 Å². The van der Waals surface area contributed by atoms with Crippen LogP contribution in [0.25, 0.3) is 0 Å². The predicted molar refractivity (Wildman–Crippen MR) is 70.1 cm³/mol. The van der Waals surface area contributed by atoms with Gasteiger partial charge in [0.05, 0.1) is 18.3 Å². The van der Waals surface area contributed by atoms with Crippen LogP contribution in [0.4, 0.5) is 11.4 Å². The molecule has 4 heteroatoms. The van der Waals surface area contributed by atoms with Gasteiger partial charge in [0.2, 0.25) is 0 Å². The highest BCUT2D eigenvalue weighted by atomic mass is 35.5. The van der Waals surface area contributed by atoms with Crippen molar-refractivity contribution in [3.63, 3.8) is 0 Å². The minimum Gasteiger partial charge on any atom is -0.489 e. The van der Waals surface area contributed by atoms with E-state index >= 15 is 0 Å². The number of nitrogens with two attached hydrogens (primary N) is 1. The number of ether oxygens (including phenoxy) is 1. The molecular formula is C12H17ClN2O. The molecule has 0 saturated carbocycles. The van der Waals surface area contributed by atoms with Gasteiger partial charge < -0.3 is 15.8 Å². The Labute approximate surface area is 101 Å². The van der Waals surface area contributed by atoms with Crippen molar-refractivity contribution in [2.24, 2.45) is 0 Å². The predicted octanol–water partition coefficient (Wildman–Crippen LogP) is 3.22. The van der Waals surface area contributed by atoms with E-state index in [9.17, 15) is 0 Å². The van der Waals surface area contributed by atoms with Crippen molar-refractivity contribution in [1.29, 1.82) is 0 Å². The van der Waals surface area contributed by atoms with E-state index < -0.39 is 0 Å². The topological polar surface area (TPSA) is 47.3 Å². The summed E-state index contributed by atoms with van der Waals surface area (Å²) in [6.45, 7) is 8.04. The lowest BCUT2D eigenvalue weighted by Crippen LogP contribution is -2.08. The molecule has 0 aliphatic heterocycles. The van der Waals surface area contributed by atoms with Crippen LogP contribution in [0.1, 0.15) is 13.8 Å². The number of hydrogen-bond acceptors (Lipinski definition) is 3. The van der Waals surface area contributed by atoms with Crippen LogP contribution >= 0.6 is 11.6 Å². The highest BCUT2D eigenvalue weighted by Crippen LogP contribution is 2.26. The molecule has 1 aromatic rings. The lowest BCUT2D eigenvalue weighted by atomic mass is 10.2. The quantitative estimate of drug-likeness (QED) is 0.777.